The molecule has 0 fully saturated rings. The third-order valence-corrected chi connectivity index (χ3v) is 4.65. The normalized spacial score (nSPS) is 10.5. The lowest BCUT2D eigenvalue weighted by atomic mass is 10.2. The number of hydrogen-bond donors (Lipinski definition) is 1. The number of ether oxygens (including phenoxy) is 1. The minimum Gasteiger partial charge on any atom is -0.461 e. The van der Waals surface area contributed by atoms with Gasteiger partial charge in [-0.05, 0) is 31.5 Å². The fourth-order valence-corrected chi connectivity index (χ4v) is 3.36. The summed E-state index contributed by atoms with van der Waals surface area (Å²) in [5.41, 5.74) is 8.60. The number of nitrogens with zero attached hydrogens (tertiary/aromatic N) is 1. The van der Waals surface area contributed by atoms with Crippen molar-refractivity contribution in [1.29, 1.82) is 0 Å². The highest BCUT2D eigenvalue weighted by Gasteiger charge is 2.12. The van der Waals surface area contributed by atoms with E-state index in [1.165, 1.54) is 16.9 Å². The molecule has 0 aliphatic rings. The molecule has 2 rings (SSSR count). The summed E-state index contributed by atoms with van der Waals surface area (Å²) in [4.78, 5) is 17.0. The van der Waals surface area contributed by atoms with E-state index in [1.54, 1.807) is 18.7 Å². The van der Waals surface area contributed by atoms with E-state index < -0.39 is 0 Å². The molecule has 6 heteroatoms. The highest BCUT2D eigenvalue weighted by molar-refractivity contribution is 7.98. The molecule has 1 aromatic heterocycles. The van der Waals surface area contributed by atoms with Crippen LogP contribution in [-0.4, -0.2) is 17.6 Å². The second kappa shape index (κ2) is 6.76. The lowest BCUT2D eigenvalue weighted by Gasteiger charge is -2.05. The van der Waals surface area contributed by atoms with Gasteiger partial charge in [0.1, 0.15) is 0 Å². The van der Waals surface area contributed by atoms with Crippen molar-refractivity contribution in [2.24, 2.45) is 0 Å². The predicted molar refractivity (Wildman–Crippen MR) is 83.2 cm³/mol. The number of benzene rings is 1. The third kappa shape index (κ3) is 3.74. The van der Waals surface area contributed by atoms with Crippen molar-refractivity contribution in [3.05, 3.63) is 39.8 Å². The largest absolute Gasteiger partial charge is 0.461 e. The van der Waals surface area contributed by atoms with Gasteiger partial charge >= 0.3 is 5.97 Å². The molecule has 0 atom stereocenters. The molecule has 106 valence electrons. The smallest absolute Gasteiger partial charge is 0.367 e. The summed E-state index contributed by atoms with van der Waals surface area (Å²) in [6.07, 6.45) is 0. The summed E-state index contributed by atoms with van der Waals surface area (Å²) < 4.78 is 4.92. The average Bonchev–Trinajstić information content (AvgIpc) is 2.89. The van der Waals surface area contributed by atoms with Crippen LogP contribution in [0.1, 0.15) is 28.0 Å². The molecule has 0 bridgehead atoms. The fourth-order valence-electron chi connectivity index (χ4n) is 1.58. The Morgan fingerprint density at radius 2 is 2.30 bits per heavy atom. The summed E-state index contributed by atoms with van der Waals surface area (Å²) in [5, 5.41) is 2.30. The van der Waals surface area contributed by atoms with Crippen LogP contribution in [0, 0.1) is 6.92 Å². The lowest BCUT2D eigenvalue weighted by Crippen LogP contribution is -2.03. The Morgan fingerprint density at radius 3 is 3.05 bits per heavy atom. The number of esters is 1. The Bertz CT molecular complexity index is 611. The first-order valence-corrected chi connectivity index (χ1v) is 8.07. The van der Waals surface area contributed by atoms with E-state index in [0.717, 1.165) is 16.3 Å². The topological polar surface area (TPSA) is 65.2 Å². The monoisotopic (exact) mass is 308 g/mol. The van der Waals surface area contributed by atoms with E-state index in [1.807, 2.05) is 30.5 Å². The first kappa shape index (κ1) is 14.9. The molecule has 0 unspecified atom stereocenters. The maximum atomic E-state index is 11.5. The third-order valence-electron chi connectivity index (χ3n) is 2.59. The predicted octanol–water partition coefficient (Wildman–Crippen LogP) is 3.50. The lowest BCUT2D eigenvalue weighted by molar-refractivity contribution is 0.0525. The molecule has 20 heavy (non-hydrogen) atoms. The van der Waals surface area contributed by atoms with Crippen LogP contribution in [0.15, 0.2) is 28.5 Å². The Morgan fingerprint density at radius 1 is 1.50 bits per heavy atom. The van der Waals surface area contributed by atoms with Gasteiger partial charge in [-0.1, -0.05) is 6.07 Å². The summed E-state index contributed by atoms with van der Waals surface area (Å²) in [6.45, 7) is 4.20. The molecule has 0 radical (unpaired) electrons. The van der Waals surface area contributed by atoms with Crippen LogP contribution in [-0.2, 0) is 10.5 Å². The minimum atomic E-state index is -0.353. The quantitative estimate of drug-likeness (QED) is 0.520. The molecular formula is C14H16N2O2S2. The number of thiazole rings is 1. The Labute approximate surface area is 126 Å². The molecule has 0 saturated carbocycles. The maximum Gasteiger partial charge on any atom is 0.367 e. The number of nitrogens with two attached hydrogens (primary N) is 1. The van der Waals surface area contributed by atoms with Gasteiger partial charge in [0.05, 0.1) is 12.3 Å². The van der Waals surface area contributed by atoms with E-state index in [4.69, 9.17) is 10.5 Å². The highest BCUT2D eigenvalue weighted by Crippen LogP contribution is 2.28. The molecule has 0 aliphatic carbocycles. The Balaban J connectivity index is 2.01. The highest BCUT2D eigenvalue weighted by atomic mass is 32.2. The van der Waals surface area contributed by atoms with E-state index >= 15 is 0 Å². The number of rotatable bonds is 5. The fraction of sp³-hybridized carbons (Fsp3) is 0.286. The van der Waals surface area contributed by atoms with Crippen molar-refractivity contribution in [2.45, 2.75) is 24.5 Å². The zero-order chi connectivity index (χ0) is 14.5. The molecule has 0 amide bonds. The molecule has 1 aromatic carbocycles. The number of aromatic nitrogens is 1. The van der Waals surface area contributed by atoms with Crippen molar-refractivity contribution in [2.75, 3.05) is 12.3 Å². The zero-order valence-corrected chi connectivity index (χ0v) is 13.0. The van der Waals surface area contributed by atoms with Crippen LogP contribution in [0.25, 0.3) is 0 Å². The molecule has 0 aliphatic heterocycles. The van der Waals surface area contributed by atoms with Crippen LogP contribution < -0.4 is 5.73 Å². The van der Waals surface area contributed by atoms with Gasteiger partial charge in [0.15, 0.2) is 0 Å². The summed E-state index contributed by atoms with van der Waals surface area (Å²) in [7, 11) is 0. The van der Waals surface area contributed by atoms with Gasteiger partial charge in [-0.25, -0.2) is 9.78 Å². The Kier molecular flexibility index (Phi) is 5.03. The molecule has 0 saturated heterocycles. The van der Waals surface area contributed by atoms with Crippen LogP contribution in [0.3, 0.4) is 0 Å². The van der Waals surface area contributed by atoms with Crippen molar-refractivity contribution < 1.29 is 9.53 Å². The summed E-state index contributed by atoms with van der Waals surface area (Å²) in [5.74, 6) is 0.356. The molecule has 0 spiro atoms. The van der Waals surface area contributed by atoms with Crippen LogP contribution >= 0.6 is 23.1 Å². The van der Waals surface area contributed by atoms with Gasteiger partial charge in [-0.15, -0.1) is 23.1 Å². The van der Waals surface area contributed by atoms with Crippen molar-refractivity contribution in [1.82, 2.24) is 4.98 Å². The van der Waals surface area contributed by atoms with E-state index in [-0.39, 0.29) is 5.97 Å². The molecule has 2 aromatic rings. The van der Waals surface area contributed by atoms with Crippen LogP contribution in [0.5, 0.6) is 0 Å². The standard InChI is InChI=1S/C14H16N2O2S2/c1-3-18-14(17)13-16-11(8-20-13)7-19-12-6-10(15)5-4-9(12)2/h4-6,8H,3,7,15H2,1-2H3. The minimum absolute atomic E-state index is 0.353. The van der Waals surface area contributed by atoms with Gasteiger partial charge in [0, 0.05) is 21.7 Å². The second-order valence-electron chi connectivity index (χ2n) is 4.18. The van der Waals surface area contributed by atoms with Gasteiger partial charge in [0.2, 0.25) is 5.01 Å². The zero-order valence-electron chi connectivity index (χ0n) is 11.4. The molecular weight excluding hydrogens is 292 g/mol. The first-order chi connectivity index (χ1) is 9.60. The van der Waals surface area contributed by atoms with Crippen LogP contribution in [0.4, 0.5) is 5.69 Å². The first-order valence-electron chi connectivity index (χ1n) is 6.20. The number of anilines is 1. The Hall–Kier alpha value is -1.53. The molecule has 1 heterocycles. The van der Waals surface area contributed by atoms with Crippen molar-refractivity contribution in [3.63, 3.8) is 0 Å². The molecule has 4 nitrogen and oxygen atoms in total. The summed E-state index contributed by atoms with van der Waals surface area (Å²) in [6, 6.07) is 5.85. The van der Waals surface area contributed by atoms with E-state index in [0.29, 0.717) is 17.4 Å². The number of carbonyl (C=O) groups is 1. The van der Waals surface area contributed by atoms with E-state index in [9.17, 15) is 4.79 Å². The second-order valence-corrected chi connectivity index (χ2v) is 6.05. The average molecular weight is 308 g/mol. The number of nitrogen functional groups attached to an aromatic ring is 1. The number of carbonyl (C=O) groups excluding carboxylic acids is 1. The number of aryl methyl sites for hydroxylation is 1. The van der Waals surface area contributed by atoms with Crippen molar-refractivity contribution >= 4 is 34.8 Å². The van der Waals surface area contributed by atoms with Gasteiger partial charge in [-0.2, -0.15) is 0 Å². The van der Waals surface area contributed by atoms with Gasteiger partial charge in [-0.3, -0.25) is 0 Å². The maximum absolute atomic E-state index is 11.5. The van der Waals surface area contributed by atoms with Crippen molar-refractivity contribution in [3.8, 4) is 0 Å². The van der Waals surface area contributed by atoms with Gasteiger partial charge < -0.3 is 10.5 Å². The van der Waals surface area contributed by atoms with Gasteiger partial charge in [0.25, 0.3) is 0 Å². The summed E-state index contributed by atoms with van der Waals surface area (Å²) >= 11 is 2.98. The number of thioether (sulfide) groups is 1. The SMILES string of the molecule is CCOC(=O)c1nc(CSc2cc(N)ccc2C)cs1. The van der Waals surface area contributed by atoms with E-state index in [2.05, 4.69) is 4.98 Å². The number of hydrogen-bond acceptors (Lipinski definition) is 6. The van der Waals surface area contributed by atoms with Crippen LogP contribution in [0.2, 0.25) is 0 Å². The molecule has 2 N–H and O–H groups in total.